The van der Waals surface area contributed by atoms with Gasteiger partial charge in [0, 0.05) is 0 Å². The number of benzene rings is 2. The van der Waals surface area contributed by atoms with Crippen LogP contribution >= 0.6 is 0 Å². The molecule has 1 atom stereocenters. The van der Waals surface area contributed by atoms with Gasteiger partial charge in [-0.3, -0.25) is 0 Å². The van der Waals surface area contributed by atoms with Gasteiger partial charge in [-0.05, 0) is 54.3 Å². The number of carboxylic acid groups (broad SMARTS) is 1. The third-order valence-electron chi connectivity index (χ3n) is 3.72. The highest BCUT2D eigenvalue weighted by atomic mass is 16.5. The number of hydrogen-bond donors (Lipinski definition) is 1. The van der Waals surface area contributed by atoms with Crippen LogP contribution in [0.2, 0.25) is 0 Å². The van der Waals surface area contributed by atoms with Crippen molar-refractivity contribution in [3.63, 3.8) is 0 Å². The van der Waals surface area contributed by atoms with Crippen molar-refractivity contribution in [1.82, 2.24) is 0 Å². The first-order valence-corrected chi connectivity index (χ1v) is 6.84. The minimum atomic E-state index is -0.919. The molecule has 3 rings (SSSR count). The Morgan fingerprint density at radius 1 is 1.29 bits per heavy atom. The van der Waals surface area contributed by atoms with Crippen molar-refractivity contribution in [2.45, 2.75) is 18.9 Å². The minimum absolute atomic E-state index is 0.106. The summed E-state index contributed by atoms with van der Waals surface area (Å²) >= 11 is 0. The standard InChI is InChI=1S/C17H16O4/c1-20-14-6-8-16-12(10-14)5-7-15(21-16)11-3-2-4-13(9-11)17(18)19/h2-4,6,8-10,15H,5,7H2,1H3,(H,18,19). The topological polar surface area (TPSA) is 55.8 Å². The molecule has 0 radical (unpaired) electrons. The van der Waals surface area contributed by atoms with Crippen LogP contribution in [-0.2, 0) is 6.42 Å². The SMILES string of the molecule is COc1ccc2c(c1)CCC(c1cccc(C(=O)O)c1)O2. The van der Waals surface area contributed by atoms with Crippen molar-refractivity contribution in [2.75, 3.05) is 7.11 Å². The fraction of sp³-hybridized carbons (Fsp3) is 0.235. The zero-order valence-electron chi connectivity index (χ0n) is 11.7. The Labute approximate surface area is 122 Å². The molecule has 1 aliphatic rings. The van der Waals surface area contributed by atoms with E-state index in [0.29, 0.717) is 0 Å². The van der Waals surface area contributed by atoms with Gasteiger partial charge in [0.05, 0.1) is 12.7 Å². The molecule has 1 heterocycles. The monoisotopic (exact) mass is 284 g/mol. The Morgan fingerprint density at radius 3 is 2.90 bits per heavy atom. The first-order valence-electron chi connectivity index (χ1n) is 6.84. The maximum Gasteiger partial charge on any atom is 0.335 e. The molecule has 4 heteroatoms. The van der Waals surface area contributed by atoms with Crippen LogP contribution in [-0.4, -0.2) is 18.2 Å². The van der Waals surface area contributed by atoms with Crippen molar-refractivity contribution in [3.05, 3.63) is 59.2 Å². The lowest BCUT2D eigenvalue weighted by Crippen LogP contribution is -2.15. The fourth-order valence-corrected chi connectivity index (χ4v) is 2.60. The van der Waals surface area contributed by atoms with Gasteiger partial charge in [-0.15, -0.1) is 0 Å². The summed E-state index contributed by atoms with van der Waals surface area (Å²) in [6.07, 6.45) is 1.60. The number of aromatic carboxylic acids is 1. The summed E-state index contributed by atoms with van der Waals surface area (Å²) in [6, 6.07) is 12.7. The van der Waals surface area contributed by atoms with E-state index >= 15 is 0 Å². The zero-order valence-corrected chi connectivity index (χ0v) is 11.7. The first kappa shape index (κ1) is 13.5. The molecule has 0 saturated carbocycles. The van der Waals surface area contributed by atoms with Crippen molar-refractivity contribution in [2.24, 2.45) is 0 Å². The fourth-order valence-electron chi connectivity index (χ4n) is 2.60. The van der Waals surface area contributed by atoms with E-state index in [-0.39, 0.29) is 11.7 Å². The smallest absolute Gasteiger partial charge is 0.335 e. The van der Waals surface area contributed by atoms with Gasteiger partial charge < -0.3 is 14.6 Å². The van der Waals surface area contributed by atoms with Gasteiger partial charge in [0.2, 0.25) is 0 Å². The second kappa shape index (κ2) is 5.48. The number of carboxylic acids is 1. The number of carbonyl (C=O) groups is 1. The summed E-state index contributed by atoms with van der Waals surface area (Å²) < 4.78 is 11.2. The van der Waals surface area contributed by atoms with Gasteiger partial charge >= 0.3 is 5.97 Å². The Bertz CT molecular complexity index is 678. The third-order valence-corrected chi connectivity index (χ3v) is 3.72. The number of fused-ring (bicyclic) bond motifs is 1. The van der Waals surface area contributed by atoms with E-state index in [4.69, 9.17) is 14.6 Å². The molecule has 0 aliphatic carbocycles. The molecular weight excluding hydrogens is 268 g/mol. The molecule has 0 fully saturated rings. The van der Waals surface area contributed by atoms with Gasteiger partial charge in [-0.2, -0.15) is 0 Å². The number of rotatable bonds is 3. The molecule has 0 saturated heterocycles. The van der Waals surface area contributed by atoms with E-state index in [1.807, 2.05) is 24.3 Å². The summed E-state index contributed by atoms with van der Waals surface area (Å²) in [7, 11) is 1.64. The van der Waals surface area contributed by atoms with Gasteiger partial charge in [-0.1, -0.05) is 12.1 Å². The number of aryl methyl sites for hydroxylation is 1. The molecule has 2 aromatic carbocycles. The lowest BCUT2D eigenvalue weighted by atomic mass is 9.96. The van der Waals surface area contributed by atoms with Gasteiger partial charge in [0.25, 0.3) is 0 Å². The number of ether oxygens (including phenoxy) is 2. The Morgan fingerprint density at radius 2 is 2.14 bits per heavy atom. The normalized spacial score (nSPS) is 16.7. The lowest BCUT2D eigenvalue weighted by molar-refractivity contribution is 0.0696. The van der Waals surface area contributed by atoms with Crippen molar-refractivity contribution >= 4 is 5.97 Å². The maximum absolute atomic E-state index is 11.1. The van der Waals surface area contributed by atoms with Crippen LogP contribution in [0.3, 0.4) is 0 Å². The molecule has 0 spiro atoms. The van der Waals surface area contributed by atoms with E-state index in [2.05, 4.69) is 0 Å². The third kappa shape index (κ3) is 2.70. The Balaban J connectivity index is 1.86. The second-order valence-electron chi connectivity index (χ2n) is 5.05. The molecule has 1 unspecified atom stereocenters. The minimum Gasteiger partial charge on any atom is -0.497 e. The quantitative estimate of drug-likeness (QED) is 0.937. The highest BCUT2D eigenvalue weighted by Crippen LogP contribution is 2.36. The summed E-state index contributed by atoms with van der Waals surface area (Å²) in [5, 5.41) is 9.07. The molecule has 2 aromatic rings. The van der Waals surface area contributed by atoms with E-state index < -0.39 is 5.97 Å². The van der Waals surface area contributed by atoms with Crippen LogP contribution in [0.15, 0.2) is 42.5 Å². The Hall–Kier alpha value is -2.49. The van der Waals surface area contributed by atoms with E-state index in [0.717, 1.165) is 35.5 Å². The second-order valence-corrected chi connectivity index (χ2v) is 5.05. The van der Waals surface area contributed by atoms with E-state index in [1.54, 1.807) is 25.3 Å². The van der Waals surface area contributed by atoms with Crippen LogP contribution in [0.1, 0.15) is 34.0 Å². The molecule has 0 aromatic heterocycles. The molecule has 4 nitrogen and oxygen atoms in total. The van der Waals surface area contributed by atoms with Crippen LogP contribution < -0.4 is 9.47 Å². The summed E-state index contributed by atoms with van der Waals surface area (Å²) in [5.41, 5.74) is 2.31. The number of hydrogen-bond acceptors (Lipinski definition) is 3. The van der Waals surface area contributed by atoms with Crippen molar-refractivity contribution < 1.29 is 19.4 Å². The average molecular weight is 284 g/mol. The van der Waals surface area contributed by atoms with E-state index in [1.165, 1.54) is 0 Å². The largest absolute Gasteiger partial charge is 0.497 e. The Kier molecular flexibility index (Phi) is 3.52. The highest BCUT2D eigenvalue weighted by molar-refractivity contribution is 5.87. The highest BCUT2D eigenvalue weighted by Gasteiger charge is 2.22. The predicted molar refractivity (Wildman–Crippen MR) is 78.1 cm³/mol. The molecular formula is C17H16O4. The van der Waals surface area contributed by atoms with Crippen LogP contribution in [0.4, 0.5) is 0 Å². The average Bonchev–Trinajstić information content (AvgIpc) is 2.54. The molecule has 21 heavy (non-hydrogen) atoms. The molecule has 108 valence electrons. The van der Waals surface area contributed by atoms with Crippen LogP contribution in [0, 0.1) is 0 Å². The predicted octanol–water partition coefficient (Wildman–Crippen LogP) is 3.46. The van der Waals surface area contributed by atoms with Crippen molar-refractivity contribution in [3.8, 4) is 11.5 Å². The maximum atomic E-state index is 11.1. The summed E-state index contributed by atoms with van der Waals surface area (Å²) in [6.45, 7) is 0. The molecule has 1 N–H and O–H groups in total. The molecule has 0 amide bonds. The van der Waals surface area contributed by atoms with Crippen LogP contribution in [0.25, 0.3) is 0 Å². The molecule has 1 aliphatic heterocycles. The van der Waals surface area contributed by atoms with Gasteiger partial charge in [0.15, 0.2) is 0 Å². The van der Waals surface area contributed by atoms with E-state index in [9.17, 15) is 4.79 Å². The van der Waals surface area contributed by atoms with Crippen molar-refractivity contribution in [1.29, 1.82) is 0 Å². The van der Waals surface area contributed by atoms with Crippen LogP contribution in [0.5, 0.6) is 11.5 Å². The lowest BCUT2D eigenvalue weighted by Gasteiger charge is -2.27. The van der Waals surface area contributed by atoms with Gasteiger partial charge in [0.1, 0.15) is 17.6 Å². The van der Waals surface area contributed by atoms with Gasteiger partial charge in [-0.25, -0.2) is 4.79 Å². The summed E-state index contributed by atoms with van der Waals surface area (Å²) in [4.78, 5) is 11.1. The zero-order chi connectivity index (χ0) is 14.8. The number of methoxy groups -OCH3 is 1. The summed E-state index contributed by atoms with van der Waals surface area (Å²) in [5.74, 6) is 0.745. The first-order chi connectivity index (χ1) is 10.2. The molecule has 0 bridgehead atoms.